The monoisotopic (exact) mass is 213 g/mol. The van der Waals surface area contributed by atoms with Crippen LogP contribution in [0.25, 0.3) is 0 Å². The van der Waals surface area contributed by atoms with Gasteiger partial charge in [-0.25, -0.2) is 0 Å². The third kappa shape index (κ3) is 4.12. The molecule has 0 aromatic rings. The zero-order valence-corrected chi connectivity index (χ0v) is 10.4. The van der Waals surface area contributed by atoms with Crippen LogP contribution in [0, 0.1) is 0 Å². The van der Waals surface area contributed by atoms with E-state index in [4.69, 9.17) is 10.5 Å². The molecule has 1 atom stereocenters. The summed E-state index contributed by atoms with van der Waals surface area (Å²) in [7, 11) is 1.84. The highest BCUT2D eigenvalue weighted by atomic mass is 16.5. The second kappa shape index (κ2) is 6.49. The molecule has 2 nitrogen and oxygen atoms in total. The van der Waals surface area contributed by atoms with Crippen molar-refractivity contribution in [2.24, 2.45) is 5.73 Å². The lowest BCUT2D eigenvalue weighted by atomic mass is 9.75. The summed E-state index contributed by atoms with van der Waals surface area (Å²) in [4.78, 5) is 0. The minimum atomic E-state index is 0.157. The predicted octanol–water partition coefficient (Wildman–Crippen LogP) is 3.24. The third-order valence-corrected chi connectivity index (χ3v) is 3.76. The van der Waals surface area contributed by atoms with Gasteiger partial charge in [0.2, 0.25) is 0 Å². The molecule has 0 amide bonds. The maximum absolute atomic E-state index is 6.15. The molecule has 90 valence electrons. The van der Waals surface area contributed by atoms with Gasteiger partial charge in [0, 0.05) is 13.2 Å². The summed E-state index contributed by atoms with van der Waals surface area (Å²) in [6.45, 7) is 2.24. The number of hydrogen-bond donors (Lipinski definition) is 1. The van der Waals surface area contributed by atoms with Crippen LogP contribution < -0.4 is 5.73 Å². The third-order valence-electron chi connectivity index (χ3n) is 3.76. The van der Waals surface area contributed by atoms with Crippen molar-refractivity contribution in [2.45, 2.75) is 76.4 Å². The molecule has 1 aliphatic carbocycles. The summed E-state index contributed by atoms with van der Waals surface area (Å²) in [6, 6.07) is 0.349. The van der Waals surface area contributed by atoms with Crippen LogP contribution in [0.1, 0.15) is 64.7 Å². The van der Waals surface area contributed by atoms with E-state index in [1.54, 1.807) is 0 Å². The van der Waals surface area contributed by atoms with Gasteiger partial charge in [0.25, 0.3) is 0 Å². The second-order valence-corrected chi connectivity index (χ2v) is 5.05. The Morgan fingerprint density at radius 3 is 2.47 bits per heavy atom. The fourth-order valence-corrected chi connectivity index (χ4v) is 2.48. The largest absolute Gasteiger partial charge is 0.378 e. The smallest absolute Gasteiger partial charge is 0.0693 e. The molecule has 2 heteroatoms. The Morgan fingerprint density at radius 1 is 1.27 bits per heavy atom. The number of rotatable bonds is 8. The van der Waals surface area contributed by atoms with Crippen LogP contribution in [0.4, 0.5) is 0 Å². The highest BCUT2D eigenvalue weighted by molar-refractivity contribution is 4.92. The van der Waals surface area contributed by atoms with Gasteiger partial charge in [0.15, 0.2) is 0 Å². The summed E-state index contributed by atoms with van der Waals surface area (Å²) < 4.78 is 5.59. The Kier molecular flexibility index (Phi) is 5.62. The maximum Gasteiger partial charge on any atom is 0.0693 e. The van der Waals surface area contributed by atoms with E-state index in [1.165, 1.54) is 51.4 Å². The lowest BCUT2D eigenvalue weighted by Gasteiger charge is -2.42. The average molecular weight is 213 g/mol. The van der Waals surface area contributed by atoms with Gasteiger partial charge in [-0.3, -0.25) is 0 Å². The van der Waals surface area contributed by atoms with E-state index in [0.29, 0.717) is 6.04 Å². The van der Waals surface area contributed by atoms with Gasteiger partial charge >= 0.3 is 0 Å². The van der Waals surface area contributed by atoms with Gasteiger partial charge in [-0.1, -0.05) is 32.6 Å². The summed E-state index contributed by atoms with van der Waals surface area (Å²) in [6.07, 6.45) is 11.3. The van der Waals surface area contributed by atoms with Crippen molar-refractivity contribution < 1.29 is 4.74 Å². The van der Waals surface area contributed by atoms with E-state index in [-0.39, 0.29) is 5.60 Å². The zero-order valence-electron chi connectivity index (χ0n) is 10.4. The normalized spacial score (nSPS) is 21.0. The number of hydrogen-bond acceptors (Lipinski definition) is 2. The van der Waals surface area contributed by atoms with Crippen LogP contribution in [0.5, 0.6) is 0 Å². The molecule has 0 saturated heterocycles. The molecule has 1 rings (SSSR count). The fourth-order valence-electron chi connectivity index (χ4n) is 2.48. The number of unbranched alkanes of at least 4 members (excludes halogenated alkanes) is 3. The van der Waals surface area contributed by atoms with Crippen molar-refractivity contribution in [3.8, 4) is 0 Å². The summed E-state index contributed by atoms with van der Waals surface area (Å²) in [5, 5.41) is 0. The van der Waals surface area contributed by atoms with Gasteiger partial charge in [0.1, 0.15) is 0 Å². The second-order valence-electron chi connectivity index (χ2n) is 5.05. The SMILES string of the molecule is CCCCCCC(N)CC1(OC)CCC1. The molecule has 1 saturated carbocycles. The predicted molar refractivity (Wildman–Crippen MR) is 64.9 cm³/mol. The minimum Gasteiger partial charge on any atom is -0.378 e. The molecule has 1 fully saturated rings. The summed E-state index contributed by atoms with van der Waals surface area (Å²) in [5.41, 5.74) is 6.30. The lowest BCUT2D eigenvalue weighted by molar-refractivity contribution is -0.0818. The van der Waals surface area contributed by atoms with Crippen molar-refractivity contribution in [3.05, 3.63) is 0 Å². The Hall–Kier alpha value is -0.0800. The maximum atomic E-state index is 6.15. The number of methoxy groups -OCH3 is 1. The van der Waals surface area contributed by atoms with Gasteiger partial charge in [0.05, 0.1) is 5.60 Å². The van der Waals surface area contributed by atoms with E-state index < -0.39 is 0 Å². The summed E-state index contributed by atoms with van der Waals surface area (Å²) in [5.74, 6) is 0. The summed E-state index contributed by atoms with van der Waals surface area (Å²) >= 11 is 0. The molecule has 0 radical (unpaired) electrons. The molecule has 0 aromatic carbocycles. The Balaban J connectivity index is 2.09. The van der Waals surface area contributed by atoms with Crippen LogP contribution in [0.3, 0.4) is 0 Å². The molecule has 15 heavy (non-hydrogen) atoms. The highest BCUT2D eigenvalue weighted by Gasteiger charge is 2.37. The van der Waals surface area contributed by atoms with Gasteiger partial charge in [-0.15, -0.1) is 0 Å². The first-order chi connectivity index (χ1) is 7.22. The molecule has 0 aliphatic heterocycles. The van der Waals surface area contributed by atoms with Gasteiger partial charge in [-0.05, 0) is 32.1 Å². The van der Waals surface area contributed by atoms with E-state index >= 15 is 0 Å². The molecular formula is C13H27NO. The topological polar surface area (TPSA) is 35.2 Å². The lowest BCUT2D eigenvalue weighted by Crippen LogP contribution is -2.44. The van der Waals surface area contributed by atoms with Crippen LogP contribution >= 0.6 is 0 Å². The molecule has 2 N–H and O–H groups in total. The minimum absolute atomic E-state index is 0.157. The first kappa shape index (κ1) is 13.0. The molecule has 0 aromatic heterocycles. The number of ether oxygens (including phenoxy) is 1. The van der Waals surface area contributed by atoms with Gasteiger partial charge in [-0.2, -0.15) is 0 Å². The van der Waals surface area contributed by atoms with E-state index in [9.17, 15) is 0 Å². The van der Waals surface area contributed by atoms with Crippen molar-refractivity contribution in [2.75, 3.05) is 7.11 Å². The van der Waals surface area contributed by atoms with Gasteiger partial charge < -0.3 is 10.5 Å². The van der Waals surface area contributed by atoms with Crippen molar-refractivity contribution in [3.63, 3.8) is 0 Å². The first-order valence-corrected chi connectivity index (χ1v) is 6.53. The van der Waals surface area contributed by atoms with Crippen LogP contribution in [-0.2, 0) is 4.74 Å². The molecule has 0 spiro atoms. The zero-order chi connectivity index (χ0) is 11.1. The molecule has 0 heterocycles. The van der Waals surface area contributed by atoms with Crippen LogP contribution in [0.15, 0.2) is 0 Å². The Labute approximate surface area is 94.6 Å². The van der Waals surface area contributed by atoms with Crippen molar-refractivity contribution in [1.82, 2.24) is 0 Å². The van der Waals surface area contributed by atoms with E-state index in [1.807, 2.05) is 7.11 Å². The fraction of sp³-hybridized carbons (Fsp3) is 1.00. The first-order valence-electron chi connectivity index (χ1n) is 6.53. The Bertz CT molecular complexity index is 160. The van der Waals surface area contributed by atoms with E-state index in [2.05, 4.69) is 6.92 Å². The number of nitrogens with two attached hydrogens (primary N) is 1. The highest BCUT2D eigenvalue weighted by Crippen LogP contribution is 2.39. The molecule has 1 unspecified atom stereocenters. The molecule has 1 aliphatic rings. The van der Waals surface area contributed by atoms with Crippen molar-refractivity contribution in [1.29, 1.82) is 0 Å². The Morgan fingerprint density at radius 2 is 2.00 bits per heavy atom. The standard InChI is InChI=1S/C13H27NO/c1-3-4-5-6-8-12(14)11-13(15-2)9-7-10-13/h12H,3-11,14H2,1-2H3. The average Bonchev–Trinajstić information content (AvgIpc) is 2.18. The van der Waals surface area contributed by atoms with Crippen molar-refractivity contribution >= 4 is 0 Å². The van der Waals surface area contributed by atoms with Crippen LogP contribution in [-0.4, -0.2) is 18.8 Å². The quantitative estimate of drug-likeness (QED) is 0.628. The molecule has 0 bridgehead atoms. The van der Waals surface area contributed by atoms with E-state index in [0.717, 1.165) is 6.42 Å². The molecular weight excluding hydrogens is 186 g/mol. The van der Waals surface area contributed by atoms with Crippen LogP contribution in [0.2, 0.25) is 0 Å².